The van der Waals surface area contributed by atoms with Crippen LogP contribution in [-0.4, -0.2) is 5.98 Å². The Bertz CT molecular complexity index is 708. The zero-order valence-corrected chi connectivity index (χ0v) is 20.2. The van der Waals surface area contributed by atoms with E-state index in [2.05, 4.69) is 85.9 Å². The quantitative estimate of drug-likeness (QED) is 0.446. The Labute approximate surface area is 166 Å². The minimum atomic E-state index is -1.81. The second kappa shape index (κ2) is 8.31. The van der Waals surface area contributed by atoms with Gasteiger partial charge in [-0.2, -0.15) is 0 Å². The molecule has 0 saturated heterocycles. The van der Waals surface area contributed by atoms with E-state index in [1.165, 1.54) is 11.1 Å². The van der Waals surface area contributed by atoms with Crippen molar-refractivity contribution in [2.45, 2.75) is 20.4 Å². The van der Waals surface area contributed by atoms with Crippen molar-refractivity contribution in [3.05, 3.63) is 82.9 Å². The molecule has 0 nitrogen and oxygen atoms in total. The van der Waals surface area contributed by atoms with Crippen molar-refractivity contribution in [3.8, 4) is 0 Å². The molecule has 0 aromatic heterocycles. The van der Waals surface area contributed by atoms with Gasteiger partial charge in [0.1, 0.15) is 0 Å². The molecule has 0 spiro atoms. The molecule has 0 heterocycles. The molecule has 2 aromatic rings. The molecule has 0 saturated carbocycles. The van der Waals surface area contributed by atoms with Gasteiger partial charge in [0.05, 0.1) is 0 Å². The van der Waals surface area contributed by atoms with Gasteiger partial charge >= 0.3 is 142 Å². The third-order valence-electron chi connectivity index (χ3n) is 4.98. The zero-order valence-electron chi connectivity index (χ0n) is 13.9. The normalized spacial score (nSPS) is 19.5. The van der Waals surface area contributed by atoms with Crippen molar-refractivity contribution in [1.29, 1.82) is 0 Å². The molecule has 0 amide bonds. The van der Waals surface area contributed by atoms with Gasteiger partial charge in [0.15, 0.2) is 0 Å². The molecule has 24 heavy (non-hydrogen) atoms. The third-order valence-corrected chi connectivity index (χ3v) is 35.3. The van der Waals surface area contributed by atoms with Gasteiger partial charge < -0.3 is 24.8 Å². The average molecular weight is 539 g/mol. The summed E-state index contributed by atoms with van der Waals surface area (Å²) in [5.74, 6) is -0.599. The Morgan fingerprint density at radius 2 is 1.12 bits per heavy atom. The van der Waals surface area contributed by atoms with Crippen LogP contribution in [-0.2, 0) is 20.6 Å². The molecule has 4 heteroatoms. The molecule has 123 valence electrons. The van der Waals surface area contributed by atoms with E-state index in [1.54, 1.807) is 11.1 Å². The van der Waals surface area contributed by atoms with E-state index in [1.807, 2.05) is 0 Å². The molecule has 2 unspecified atom stereocenters. The van der Waals surface area contributed by atoms with Crippen molar-refractivity contribution in [1.82, 2.24) is 0 Å². The fourth-order valence-electron chi connectivity index (χ4n) is 3.99. The van der Waals surface area contributed by atoms with Crippen LogP contribution in [0.25, 0.3) is 12.2 Å². The van der Waals surface area contributed by atoms with Gasteiger partial charge in [-0.1, -0.05) is 0 Å². The summed E-state index contributed by atoms with van der Waals surface area (Å²) in [7, 11) is 0. The molecule has 0 aliphatic heterocycles. The summed E-state index contributed by atoms with van der Waals surface area (Å²) in [5.41, 5.74) is 6.20. The van der Waals surface area contributed by atoms with Crippen LogP contribution in [0.15, 0.2) is 60.7 Å². The first-order valence-corrected chi connectivity index (χ1v) is 21.4. The predicted molar refractivity (Wildman–Crippen MR) is 95.3 cm³/mol. The summed E-state index contributed by atoms with van der Waals surface area (Å²) in [6.07, 6.45) is 9.86. The van der Waals surface area contributed by atoms with Crippen molar-refractivity contribution in [3.63, 3.8) is 0 Å². The van der Waals surface area contributed by atoms with Gasteiger partial charge in [0, 0.05) is 0 Å². The number of fused-ring (bicyclic) bond motifs is 2. The van der Waals surface area contributed by atoms with Gasteiger partial charge in [0.25, 0.3) is 0 Å². The SMILES string of the molecule is C[SiH](C)[Hf+2]([CH]1C=Cc2ccccc21)[CH]1C=Cc2ccccc21.[Cl-].[Cl-]. The van der Waals surface area contributed by atoms with Crippen LogP contribution < -0.4 is 24.8 Å². The molecular weight excluding hydrogens is 518 g/mol. The second-order valence-electron chi connectivity index (χ2n) is 6.59. The number of benzene rings is 2. The molecule has 0 fully saturated rings. The van der Waals surface area contributed by atoms with Gasteiger partial charge in [-0.3, -0.25) is 0 Å². The van der Waals surface area contributed by atoms with Gasteiger partial charge in [-0.25, -0.2) is 0 Å². The van der Waals surface area contributed by atoms with Gasteiger partial charge in [-0.05, 0) is 0 Å². The monoisotopic (exact) mass is 539 g/mol. The maximum absolute atomic E-state index is 2.60. The van der Waals surface area contributed by atoms with Crippen molar-refractivity contribution in [2.75, 3.05) is 0 Å². The zero-order chi connectivity index (χ0) is 15.1. The summed E-state index contributed by atoms with van der Waals surface area (Å²) >= 11 is -1.81. The van der Waals surface area contributed by atoms with Crippen LogP contribution in [0, 0.1) is 0 Å². The number of rotatable bonds is 3. The molecule has 0 radical (unpaired) electrons. The molecular formula is C20H21Cl2HfSi. The van der Waals surface area contributed by atoms with Gasteiger partial charge in [-0.15, -0.1) is 0 Å². The number of hydrogen-bond donors (Lipinski definition) is 0. The van der Waals surface area contributed by atoms with Crippen molar-refractivity contribution >= 4 is 18.1 Å². The number of allylic oxidation sites excluding steroid dienone is 2. The Kier molecular flexibility index (Phi) is 6.89. The third kappa shape index (κ3) is 3.44. The molecule has 0 bridgehead atoms. The minimum absolute atomic E-state index is 0. The van der Waals surface area contributed by atoms with Crippen molar-refractivity contribution < 1.29 is 45.4 Å². The largest absolute Gasteiger partial charge is 1.00 e. The fraction of sp³-hybridized carbons (Fsp3) is 0.200. The average Bonchev–Trinajstić information content (AvgIpc) is 3.13. The van der Waals surface area contributed by atoms with E-state index >= 15 is 0 Å². The molecule has 2 aliphatic carbocycles. The Morgan fingerprint density at radius 3 is 1.54 bits per heavy atom. The van der Waals surface area contributed by atoms with Crippen LogP contribution >= 0.6 is 0 Å². The number of halogens is 2. The van der Waals surface area contributed by atoms with Crippen LogP contribution in [0.4, 0.5) is 0 Å². The van der Waals surface area contributed by atoms with E-state index in [-0.39, 0.29) is 24.8 Å². The van der Waals surface area contributed by atoms with E-state index in [4.69, 9.17) is 0 Å². The molecule has 0 N–H and O–H groups in total. The van der Waals surface area contributed by atoms with Crippen LogP contribution in [0.1, 0.15) is 29.6 Å². The second-order valence-corrected chi connectivity index (χ2v) is 34.9. The number of hydrogen-bond acceptors (Lipinski definition) is 0. The predicted octanol–water partition coefficient (Wildman–Crippen LogP) is -0.868. The maximum Gasteiger partial charge on any atom is -1.00 e. The topological polar surface area (TPSA) is 0 Å². The molecule has 4 rings (SSSR count). The van der Waals surface area contributed by atoms with Crippen LogP contribution in [0.2, 0.25) is 13.1 Å². The maximum atomic E-state index is 2.60. The van der Waals surface area contributed by atoms with Gasteiger partial charge in [0.2, 0.25) is 0 Å². The molecule has 2 atom stereocenters. The Morgan fingerprint density at radius 1 is 0.708 bits per heavy atom. The summed E-state index contributed by atoms with van der Waals surface area (Å²) in [6.45, 7) is 5.21. The summed E-state index contributed by atoms with van der Waals surface area (Å²) in [4.78, 5) is 0. The summed E-state index contributed by atoms with van der Waals surface area (Å²) < 4.78 is 1.60. The van der Waals surface area contributed by atoms with Crippen LogP contribution in [0.5, 0.6) is 0 Å². The summed E-state index contributed by atoms with van der Waals surface area (Å²) in [5, 5.41) is 0. The first kappa shape index (κ1) is 19.9. The van der Waals surface area contributed by atoms with E-state index in [0.717, 1.165) is 7.35 Å². The Balaban J connectivity index is 0.00000104. The fourth-order valence-corrected chi connectivity index (χ4v) is 33.8. The molecule has 2 aliphatic rings. The minimum Gasteiger partial charge on any atom is -1.00 e. The van der Waals surface area contributed by atoms with E-state index in [9.17, 15) is 0 Å². The first-order valence-electron chi connectivity index (χ1n) is 8.16. The molecule has 2 aromatic carbocycles. The van der Waals surface area contributed by atoms with E-state index in [0.29, 0.717) is 0 Å². The Hall–Kier alpha value is -0.413. The summed E-state index contributed by atoms with van der Waals surface area (Å²) in [6, 6.07) is 18.1. The smallest absolute Gasteiger partial charge is 1.00 e. The standard InChI is InChI=1S/2C9H7.C2H7Si.2ClH.Hf/c2*1-2-5-9-7-3-6-8(9)4-1;1-3-2;;;/h2*1-7H;3H,1-2H3;2*1H;/q;;;;;+2/p-2. The van der Waals surface area contributed by atoms with E-state index < -0.39 is 26.6 Å². The van der Waals surface area contributed by atoms with Crippen LogP contribution in [0.3, 0.4) is 0 Å². The van der Waals surface area contributed by atoms with Crippen molar-refractivity contribution in [2.24, 2.45) is 0 Å². The first-order chi connectivity index (χ1) is 10.8.